The first kappa shape index (κ1) is 22.0. The molecule has 1 aromatic heterocycles. The molecule has 0 aliphatic rings. The van der Waals surface area contributed by atoms with Crippen molar-refractivity contribution in [3.05, 3.63) is 39.8 Å². The summed E-state index contributed by atoms with van der Waals surface area (Å²) in [6, 6.07) is 2.92. The molecule has 28 heavy (non-hydrogen) atoms. The molecule has 0 aliphatic heterocycles. The van der Waals surface area contributed by atoms with Crippen LogP contribution in [0.1, 0.15) is 32.3 Å². The Balaban J connectivity index is 2.46. The molecule has 0 aliphatic carbocycles. The van der Waals surface area contributed by atoms with Crippen molar-refractivity contribution in [3.63, 3.8) is 0 Å². The highest BCUT2D eigenvalue weighted by molar-refractivity contribution is 6.38. The van der Waals surface area contributed by atoms with Gasteiger partial charge in [0.25, 0.3) is 0 Å². The standard InChI is InChI=1S/C18H19Cl2FN2O5/c1-7(2)10-6-9(4-5-11(10)25)28-15-12(19)16(21)23-17(13(15)20)22-14(8(3)24)18(26)27/h4-8,14,24-25H,1-3H3,(H,22,23)(H,26,27)/t8?,14-/m0/s1. The number of phenolic OH excluding ortho intramolecular Hbond substituents is 1. The molecule has 7 nitrogen and oxygen atoms in total. The summed E-state index contributed by atoms with van der Waals surface area (Å²) in [6.07, 6.45) is -1.32. The third-order valence-electron chi connectivity index (χ3n) is 3.88. The van der Waals surface area contributed by atoms with Gasteiger partial charge in [0.1, 0.15) is 21.5 Å². The van der Waals surface area contributed by atoms with E-state index in [4.69, 9.17) is 33.0 Å². The fourth-order valence-corrected chi connectivity index (χ4v) is 2.85. The zero-order valence-corrected chi connectivity index (χ0v) is 16.7. The number of hydrogen-bond donors (Lipinski definition) is 4. The molecule has 2 atom stereocenters. The largest absolute Gasteiger partial charge is 0.508 e. The van der Waals surface area contributed by atoms with E-state index < -0.39 is 29.1 Å². The van der Waals surface area contributed by atoms with Crippen molar-refractivity contribution in [1.29, 1.82) is 0 Å². The average Bonchev–Trinajstić information content (AvgIpc) is 2.61. The Morgan fingerprint density at radius 1 is 1.25 bits per heavy atom. The number of hydrogen-bond acceptors (Lipinski definition) is 6. The van der Waals surface area contributed by atoms with E-state index in [9.17, 15) is 19.4 Å². The lowest BCUT2D eigenvalue weighted by molar-refractivity contribution is -0.140. The quantitative estimate of drug-likeness (QED) is 0.479. The van der Waals surface area contributed by atoms with E-state index in [1.807, 2.05) is 13.8 Å². The first-order valence-electron chi connectivity index (χ1n) is 8.25. The maximum absolute atomic E-state index is 14.2. The molecule has 1 aromatic carbocycles. The van der Waals surface area contributed by atoms with Crippen LogP contribution in [-0.4, -0.2) is 38.4 Å². The number of anilines is 1. The molecule has 0 fully saturated rings. The van der Waals surface area contributed by atoms with Gasteiger partial charge in [0.2, 0.25) is 5.95 Å². The van der Waals surface area contributed by atoms with Crippen LogP contribution in [-0.2, 0) is 4.79 Å². The zero-order valence-electron chi connectivity index (χ0n) is 15.2. The Labute approximate surface area is 170 Å². The fourth-order valence-electron chi connectivity index (χ4n) is 2.39. The molecular weight excluding hydrogens is 414 g/mol. The van der Waals surface area contributed by atoms with E-state index in [-0.39, 0.29) is 34.0 Å². The maximum Gasteiger partial charge on any atom is 0.328 e. The van der Waals surface area contributed by atoms with Gasteiger partial charge in [0.05, 0.1) is 6.10 Å². The van der Waals surface area contributed by atoms with Crippen LogP contribution in [0.3, 0.4) is 0 Å². The smallest absolute Gasteiger partial charge is 0.328 e. The number of benzene rings is 1. The summed E-state index contributed by atoms with van der Waals surface area (Å²) < 4.78 is 19.8. The lowest BCUT2D eigenvalue weighted by Crippen LogP contribution is -2.39. The number of aromatic hydroxyl groups is 1. The average molecular weight is 433 g/mol. The van der Waals surface area contributed by atoms with Gasteiger partial charge in [-0.15, -0.1) is 0 Å². The number of rotatable bonds is 7. The SMILES string of the molecule is CC(C)c1cc(Oc2c(Cl)c(F)nc(N[C@H](C(=O)O)C(C)O)c2Cl)ccc1O. The van der Waals surface area contributed by atoms with Crippen molar-refractivity contribution < 1.29 is 29.2 Å². The summed E-state index contributed by atoms with van der Waals surface area (Å²) >= 11 is 12.1. The van der Waals surface area contributed by atoms with Crippen LogP contribution in [0.25, 0.3) is 0 Å². The number of aromatic nitrogens is 1. The van der Waals surface area contributed by atoms with Crippen LogP contribution >= 0.6 is 23.2 Å². The van der Waals surface area contributed by atoms with E-state index in [0.29, 0.717) is 5.56 Å². The monoisotopic (exact) mass is 432 g/mol. The van der Waals surface area contributed by atoms with E-state index in [1.54, 1.807) is 6.07 Å². The normalized spacial score (nSPS) is 13.3. The molecule has 0 spiro atoms. The molecular formula is C18H19Cl2FN2O5. The summed E-state index contributed by atoms with van der Waals surface area (Å²) in [5, 5.41) is 30.3. The molecule has 10 heteroatoms. The van der Waals surface area contributed by atoms with Gasteiger partial charge < -0.3 is 25.4 Å². The van der Waals surface area contributed by atoms with E-state index in [1.165, 1.54) is 19.1 Å². The van der Waals surface area contributed by atoms with Gasteiger partial charge in [-0.1, -0.05) is 37.0 Å². The van der Waals surface area contributed by atoms with Crippen molar-refractivity contribution in [1.82, 2.24) is 4.98 Å². The Morgan fingerprint density at radius 3 is 2.43 bits per heavy atom. The molecule has 0 saturated heterocycles. The Kier molecular flexibility index (Phi) is 6.92. The molecule has 0 bridgehead atoms. The summed E-state index contributed by atoms with van der Waals surface area (Å²) in [6.45, 7) is 4.98. The highest BCUT2D eigenvalue weighted by Gasteiger charge is 2.27. The minimum atomic E-state index is -1.49. The minimum absolute atomic E-state index is 0.0109. The number of nitrogens with one attached hydrogen (secondary N) is 1. The number of aliphatic carboxylic acids is 1. The molecule has 0 saturated carbocycles. The van der Waals surface area contributed by atoms with Gasteiger partial charge >= 0.3 is 5.97 Å². The van der Waals surface area contributed by atoms with Gasteiger partial charge in [-0.25, -0.2) is 4.79 Å². The third-order valence-corrected chi connectivity index (χ3v) is 4.56. The Hall–Kier alpha value is -2.29. The van der Waals surface area contributed by atoms with Gasteiger partial charge in [0, 0.05) is 5.56 Å². The predicted octanol–water partition coefficient (Wildman–Crippen LogP) is 4.39. The number of carboxylic acid groups (broad SMARTS) is 1. The van der Waals surface area contributed by atoms with E-state index in [0.717, 1.165) is 0 Å². The van der Waals surface area contributed by atoms with Crippen LogP contribution in [0, 0.1) is 5.95 Å². The number of halogens is 3. The molecule has 1 heterocycles. The number of carbonyl (C=O) groups is 1. The van der Waals surface area contributed by atoms with Crippen LogP contribution in [0.15, 0.2) is 18.2 Å². The van der Waals surface area contributed by atoms with Gasteiger partial charge in [-0.2, -0.15) is 9.37 Å². The summed E-state index contributed by atoms with van der Waals surface area (Å²) in [4.78, 5) is 14.8. The maximum atomic E-state index is 14.2. The second kappa shape index (κ2) is 8.81. The Bertz CT molecular complexity index is 893. The van der Waals surface area contributed by atoms with Crippen molar-refractivity contribution in [2.75, 3.05) is 5.32 Å². The lowest BCUT2D eigenvalue weighted by Gasteiger charge is -2.20. The predicted molar refractivity (Wildman–Crippen MR) is 103 cm³/mol. The van der Waals surface area contributed by atoms with Crippen molar-refractivity contribution >= 4 is 35.0 Å². The number of pyridine rings is 1. The number of ether oxygens (including phenoxy) is 1. The topological polar surface area (TPSA) is 112 Å². The van der Waals surface area contributed by atoms with Crippen molar-refractivity contribution in [3.8, 4) is 17.2 Å². The Morgan fingerprint density at radius 2 is 1.89 bits per heavy atom. The summed E-state index contributed by atoms with van der Waals surface area (Å²) in [5.41, 5.74) is 0.595. The van der Waals surface area contributed by atoms with Gasteiger partial charge in [0.15, 0.2) is 17.6 Å². The number of aliphatic hydroxyl groups excluding tert-OH is 1. The second-order valence-electron chi connectivity index (χ2n) is 6.39. The first-order chi connectivity index (χ1) is 13.0. The van der Waals surface area contributed by atoms with Crippen molar-refractivity contribution in [2.24, 2.45) is 0 Å². The van der Waals surface area contributed by atoms with E-state index >= 15 is 0 Å². The molecule has 1 unspecified atom stereocenters. The zero-order chi connectivity index (χ0) is 21.2. The second-order valence-corrected chi connectivity index (χ2v) is 7.14. The molecule has 0 radical (unpaired) electrons. The highest BCUT2D eigenvalue weighted by atomic mass is 35.5. The van der Waals surface area contributed by atoms with Crippen LogP contribution in [0.2, 0.25) is 10.0 Å². The van der Waals surface area contributed by atoms with Gasteiger partial charge in [-0.3, -0.25) is 0 Å². The number of phenols is 1. The molecule has 0 amide bonds. The van der Waals surface area contributed by atoms with Crippen molar-refractivity contribution in [2.45, 2.75) is 38.8 Å². The van der Waals surface area contributed by atoms with Crippen LogP contribution in [0.4, 0.5) is 10.2 Å². The molecule has 2 rings (SSSR count). The summed E-state index contributed by atoms with van der Waals surface area (Å²) in [7, 11) is 0. The number of carboxylic acids is 1. The number of aliphatic hydroxyl groups is 1. The lowest BCUT2D eigenvalue weighted by atomic mass is 10.0. The summed E-state index contributed by atoms with van der Waals surface area (Å²) in [5.74, 6) is -2.87. The third kappa shape index (κ3) is 4.76. The minimum Gasteiger partial charge on any atom is -0.508 e. The van der Waals surface area contributed by atoms with E-state index in [2.05, 4.69) is 10.3 Å². The molecule has 4 N–H and O–H groups in total. The fraction of sp³-hybridized carbons (Fsp3) is 0.333. The first-order valence-corrected chi connectivity index (χ1v) is 9.01. The van der Waals surface area contributed by atoms with Crippen LogP contribution in [0.5, 0.6) is 17.2 Å². The number of nitrogens with zero attached hydrogens (tertiary/aromatic N) is 1. The highest BCUT2D eigenvalue weighted by Crippen LogP contribution is 2.42. The molecule has 152 valence electrons. The van der Waals surface area contributed by atoms with Crippen LogP contribution < -0.4 is 10.1 Å². The molecule has 2 aromatic rings. The van der Waals surface area contributed by atoms with Gasteiger partial charge in [-0.05, 0) is 31.0 Å².